The summed E-state index contributed by atoms with van der Waals surface area (Å²) in [6, 6.07) is 4.73. The average molecular weight is 163 g/mol. The Morgan fingerprint density at radius 3 is 3.00 bits per heavy atom. The van der Waals surface area contributed by atoms with Crippen molar-refractivity contribution in [1.82, 2.24) is 5.16 Å². The van der Waals surface area contributed by atoms with Crippen molar-refractivity contribution in [2.45, 2.75) is 0 Å². The molecule has 0 radical (unpaired) electrons. The Kier molecular flexibility index (Phi) is 1.33. The molecule has 0 atom stereocenters. The molecule has 0 aliphatic carbocycles. The Morgan fingerprint density at radius 2 is 2.25 bits per heavy atom. The lowest BCUT2D eigenvalue weighted by Crippen LogP contribution is -1.91. The average Bonchev–Trinajstić information content (AvgIpc) is 2.47. The van der Waals surface area contributed by atoms with Gasteiger partial charge in [0.25, 0.3) is 0 Å². The summed E-state index contributed by atoms with van der Waals surface area (Å²) in [6.07, 6.45) is 0.686. The lowest BCUT2D eigenvalue weighted by atomic mass is 10.2. The van der Waals surface area contributed by atoms with Crippen molar-refractivity contribution in [2.24, 2.45) is 0 Å². The van der Waals surface area contributed by atoms with Crippen LogP contribution in [0.25, 0.3) is 10.9 Å². The van der Waals surface area contributed by atoms with E-state index in [2.05, 4.69) is 9.68 Å². The Balaban J connectivity index is 2.88. The molecule has 12 heavy (non-hydrogen) atoms. The first-order valence-electron chi connectivity index (χ1n) is 3.37. The van der Waals surface area contributed by atoms with Crippen LogP contribution in [-0.4, -0.2) is 11.4 Å². The van der Waals surface area contributed by atoms with Crippen LogP contribution in [-0.2, 0) is 0 Å². The normalized spacial score (nSPS) is 10.3. The summed E-state index contributed by atoms with van der Waals surface area (Å²) in [5.41, 5.74) is 0.619. The van der Waals surface area contributed by atoms with Gasteiger partial charge in [0, 0.05) is 5.56 Å². The van der Waals surface area contributed by atoms with Crippen molar-refractivity contribution in [2.75, 3.05) is 0 Å². The van der Waals surface area contributed by atoms with E-state index in [4.69, 9.17) is 0 Å². The maximum absolute atomic E-state index is 10.9. The van der Waals surface area contributed by atoms with Gasteiger partial charge in [-0.25, -0.2) is 9.95 Å². The molecule has 2 aromatic rings. The highest BCUT2D eigenvalue weighted by Gasteiger charge is 2.02. The monoisotopic (exact) mass is 163 g/mol. The predicted octanol–water partition coefficient (Wildman–Crippen LogP) is 0.934. The molecule has 0 aliphatic rings. The molecule has 0 aliphatic heterocycles. The molecule has 0 unspecified atom stereocenters. The maximum atomic E-state index is 10.9. The van der Waals surface area contributed by atoms with Crippen molar-refractivity contribution >= 4 is 17.2 Å². The van der Waals surface area contributed by atoms with Crippen LogP contribution >= 0.6 is 0 Å². The number of hydrogen-bond acceptors (Lipinski definition) is 3. The molecule has 0 fully saturated rings. The van der Waals surface area contributed by atoms with E-state index in [1.165, 1.54) is 6.07 Å². The van der Waals surface area contributed by atoms with E-state index < -0.39 is 5.63 Å². The number of H-pyrrole nitrogens is 1. The fourth-order valence-corrected chi connectivity index (χ4v) is 1.05. The van der Waals surface area contributed by atoms with Gasteiger partial charge in [0.05, 0.1) is 10.9 Å². The number of nitrogens with one attached hydrogen (secondary N) is 1. The Bertz CT molecular complexity index is 480. The summed E-state index contributed by atoms with van der Waals surface area (Å²) in [5, 5.41) is 2.84. The molecule has 0 saturated heterocycles. The third-order valence-electron chi connectivity index (χ3n) is 1.65. The molecule has 4 heteroatoms. The van der Waals surface area contributed by atoms with E-state index in [0.29, 0.717) is 22.8 Å². The lowest BCUT2D eigenvalue weighted by molar-refractivity contribution is 0.112. The predicted molar refractivity (Wildman–Crippen MR) is 42.2 cm³/mol. The van der Waals surface area contributed by atoms with Crippen LogP contribution in [0.2, 0.25) is 0 Å². The second kappa shape index (κ2) is 2.34. The summed E-state index contributed by atoms with van der Waals surface area (Å²) >= 11 is 0. The molecule has 4 nitrogen and oxygen atoms in total. The SMILES string of the molecule is O=Cc1ccc2[nH]oc(=O)c2c1. The molecule has 1 N–H and O–H groups in total. The third kappa shape index (κ3) is 0.852. The first-order valence-corrected chi connectivity index (χ1v) is 3.37. The van der Waals surface area contributed by atoms with Gasteiger partial charge in [-0.1, -0.05) is 0 Å². The van der Waals surface area contributed by atoms with Crippen LogP contribution in [0.15, 0.2) is 27.5 Å². The summed E-state index contributed by atoms with van der Waals surface area (Å²) in [4.78, 5) is 21.3. The van der Waals surface area contributed by atoms with E-state index in [-0.39, 0.29) is 0 Å². The molecule has 1 aromatic heterocycles. The highest BCUT2D eigenvalue weighted by atomic mass is 16.5. The highest BCUT2D eigenvalue weighted by molar-refractivity contribution is 5.85. The summed E-state index contributed by atoms with van der Waals surface area (Å²) in [5.74, 6) is 0. The first kappa shape index (κ1) is 6.84. The molecular weight excluding hydrogens is 158 g/mol. The van der Waals surface area contributed by atoms with Gasteiger partial charge in [0.2, 0.25) is 0 Å². The van der Waals surface area contributed by atoms with Gasteiger partial charge in [0.15, 0.2) is 0 Å². The Morgan fingerprint density at radius 1 is 1.42 bits per heavy atom. The molecule has 0 saturated carbocycles. The summed E-state index contributed by atoms with van der Waals surface area (Å²) in [6.45, 7) is 0. The standard InChI is InChI=1S/C8H5NO3/c10-4-5-1-2-7-6(3-5)8(11)12-9-7/h1-4,9H. The molecule has 1 aromatic carbocycles. The quantitative estimate of drug-likeness (QED) is 0.636. The summed E-state index contributed by atoms with van der Waals surface area (Å²) < 4.78 is 4.52. The molecule has 0 amide bonds. The first-order chi connectivity index (χ1) is 5.81. The zero-order valence-electron chi connectivity index (χ0n) is 6.03. The van der Waals surface area contributed by atoms with Crippen molar-refractivity contribution in [1.29, 1.82) is 0 Å². The fraction of sp³-hybridized carbons (Fsp3) is 0. The van der Waals surface area contributed by atoms with Crippen molar-refractivity contribution in [3.8, 4) is 0 Å². The van der Waals surface area contributed by atoms with Crippen LogP contribution in [0.1, 0.15) is 10.4 Å². The zero-order chi connectivity index (χ0) is 8.55. The maximum Gasteiger partial charge on any atom is 0.365 e. The number of carbonyl (C=O) groups excluding carboxylic acids is 1. The molecule has 0 bridgehead atoms. The largest absolute Gasteiger partial charge is 0.365 e. The third-order valence-corrected chi connectivity index (χ3v) is 1.65. The van der Waals surface area contributed by atoms with Crippen molar-refractivity contribution in [3.05, 3.63) is 34.2 Å². The Hall–Kier alpha value is -1.84. The highest BCUT2D eigenvalue weighted by Crippen LogP contribution is 2.08. The lowest BCUT2D eigenvalue weighted by Gasteiger charge is -1.86. The smallest absolute Gasteiger partial charge is 0.338 e. The second-order valence-electron chi connectivity index (χ2n) is 2.41. The van der Waals surface area contributed by atoms with Gasteiger partial charge < -0.3 is 4.52 Å². The van der Waals surface area contributed by atoms with E-state index in [1.54, 1.807) is 12.1 Å². The zero-order valence-corrected chi connectivity index (χ0v) is 6.03. The molecule has 1 heterocycles. The van der Waals surface area contributed by atoms with E-state index in [9.17, 15) is 9.59 Å². The molecular formula is C8H5NO3. The topological polar surface area (TPSA) is 63.1 Å². The van der Waals surface area contributed by atoms with E-state index in [0.717, 1.165) is 0 Å². The van der Waals surface area contributed by atoms with Gasteiger partial charge in [-0.15, -0.1) is 0 Å². The number of benzene rings is 1. The minimum atomic E-state index is -0.450. The Labute approximate surface area is 66.8 Å². The van der Waals surface area contributed by atoms with Gasteiger partial charge in [-0.3, -0.25) is 4.79 Å². The van der Waals surface area contributed by atoms with Crippen molar-refractivity contribution < 1.29 is 9.32 Å². The van der Waals surface area contributed by atoms with Gasteiger partial charge in [-0.05, 0) is 18.2 Å². The minimum absolute atomic E-state index is 0.402. The number of carbonyl (C=O) groups is 1. The molecule has 2 rings (SSSR count). The number of hydrogen-bond donors (Lipinski definition) is 1. The number of aromatic amines is 1. The fourth-order valence-electron chi connectivity index (χ4n) is 1.05. The van der Waals surface area contributed by atoms with Crippen LogP contribution in [0.3, 0.4) is 0 Å². The van der Waals surface area contributed by atoms with Crippen LogP contribution in [0, 0.1) is 0 Å². The van der Waals surface area contributed by atoms with Gasteiger partial charge in [-0.2, -0.15) is 0 Å². The van der Waals surface area contributed by atoms with Crippen LogP contribution < -0.4 is 5.63 Å². The van der Waals surface area contributed by atoms with Crippen molar-refractivity contribution in [3.63, 3.8) is 0 Å². The summed E-state index contributed by atoms with van der Waals surface area (Å²) in [7, 11) is 0. The number of aromatic nitrogens is 1. The van der Waals surface area contributed by atoms with Crippen LogP contribution in [0.4, 0.5) is 0 Å². The number of aldehydes is 1. The number of fused-ring (bicyclic) bond motifs is 1. The second-order valence-corrected chi connectivity index (χ2v) is 2.41. The van der Waals surface area contributed by atoms with Gasteiger partial charge >= 0.3 is 5.63 Å². The minimum Gasteiger partial charge on any atom is -0.338 e. The van der Waals surface area contributed by atoms with E-state index in [1.807, 2.05) is 0 Å². The molecule has 60 valence electrons. The van der Waals surface area contributed by atoms with Gasteiger partial charge in [0.1, 0.15) is 6.29 Å². The number of rotatable bonds is 1. The molecule has 0 spiro atoms. The van der Waals surface area contributed by atoms with Crippen LogP contribution in [0.5, 0.6) is 0 Å². The van der Waals surface area contributed by atoms with E-state index >= 15 is 0 Å².